The predicted octanol–water partition coefficient (Wildman–Crippen LogP) is 3.04. The van der Waals surface area contributed by atoms with Gasteiger partial charge in [-0.1, -0.05) is 13.0 Å². The van der Waals surface area contributed by atoms with Crippen molar-refractivity contribution >= 4 is 51.7 Å². The van der Waals surface area contributed by atoms with Gasteiger partial charge in [-0.05, 0) is 77.6 Å². The van der Waals surface area contributed by atoms with Crippen LogP contribution in [-0.2, 0) is 0 Å². The van der Waals surface area contributed by atoms with Crippen LogP contribution in [0.15, 0.2) is 42.5 Å². The van der Waals surface area contributed by atoms with Crippen LogP contribution < -0.4 is 25.6 Å². The van der Waals surface area contributed by atoms with Gasteiger partial charge < -0.3 is 9.47 Å². The van der Waals surface area contributed by atoms with Crippen LogP contribution in [0.4, 0.5) is 0 Å². The first kappa shape index (κ1) is 21.9. The monoisotopic (exact) mass is 513 g/mol. The molecule has 0 saturated carbocycles. The maximum atomic E-state index is 12.3. The molecule has 3 N–H and O–H groups in total. The number of nitrogens with one attached hydrogen (secondary N) is 3. The molecule has 2 rings (SSSR count). The Morgan fingerprint density at radius 3 is 2.50 bits per heavy atom. The second-order valence-corrected chi connectivity index (χ2v) is 7.16. The third kappa shape index (κ3) is 6.34. The van der Waals surface area contributed by atoms with Gasteiger partial charge in [-0.2, -0.15) is 0 Å². The zero-order valence-electron chi connectivity index (χ0n) is 15.4. The summed E-state index contributed by atoms with van der Waals surface area (Å²) in [5.74, 6) is 0.480. The Bertz CT molecular complexity index is 876. The molecule has 0 aliphatic carbocycles. The van der Waals surface area contributed by atoms with Crippen molar-refractivity contribution in [2.45, 2.75) is 13.3 Å². The predicted molar refractivity (Wildman–Crippen MR) is 119 cm³/mol. The number of carbonyl (C=O) groups excluding carboxylic acids is 2. The summed E-state index contributed by atoms with van der Waals surface area (Å²) in [4.78, 5) is 24.5. The van der Waals surface area contributed by atoms with Crippen LogP contribution in [0.25, 0.3) is 0 Å². The first-order chi connectivity index (χ1) is 13.4. The lowest BCUT2D eigenvalue weighted by atomic mass is 10.2. The van der Waals surface area contributed by atoms with Gasteiger partial charge in [-0.3, -0.25) is 25.8 Å². The quantitative estimate of drug-likeness (QED) is 0.313. The van der Waals surface area contributed by atoms with Crippen molar-refractivity contribution in [2.75, 3.05) is 13.7 Å². The molecule has 0 aliphatic rings. The molecule has 0 radical (unpaired) electrons. The molecule has 0 bridgehead atoms. The smallest absolute Gasteiger partial charge is 0.269 e. The van der Waals surface area contributed by atoms with Crippen molar-refractivity contribution in [1.82, 2.24) is 16.2 Å². The van der Waals surface area contributed by atoms with E-state index < -0.39 is 11.8 Å². The molecule has 0 aliphatic heterocycles. The Labute approximate surface area is 182 Å². The number of ether oxygens (including phenoxy) is 2. The average molecular weight is 513 g/mol. The summed E-state index contributed by atoms with van der Waals surface area (Å²) < 4.78 is 11.5. The minimum atomic E-state index is -0.410. The second kappa shape index (κ2) is 10.8. The van der Waals surface area contributed by atoms with Crippen molar-refractivity contribution in [3.63, 3.8) is 0 Å². The first-order valence-corrected chi connectivity index (χ1v) is 9.91. The number of rotatable bonds is 6. The van der Waals surface area contributed by atoms with Gasteiger partial charge in [0.2, 0.25) is 0 Å². The second-order valence-electron chi connectivity index (χ2n) is 5.59. The minimum absolute atomic E-state index is 0.0264. The summed E-state index contributed by atoms with van der Waals surface area (Å²) in [5.41, 5.74) is 5.78. The number of halogens is 1. The van der Waals surface area contributed by atoms with Gasteiger partial charge in [0.05, 0.1) is 17.3 Å². The molecule has 0 spiro atoms. The summed E-state index contributed by atoms with van der Waals surface area (Å²) in [6, 6.07) is 11.8. The molecule has 0 aromatic heterocycles. The molecule has 7 nitrogen and oxygen atoms in total. The SMILES string of the molecule is CCCOc1cccc(C(=O)NC(=S)NNC(=O)c2ccc(OC)c(I)c2)c1. The molecule has 0 unspecified atom stereocenters. The highest BCUT2D eigenvalue weighted by Crippen LogP contribution is 2.21. The molecule has 2 amide bonds. The van der Waals surface area contributed by atoms with Crippen LogP contribution in [0.5, 0.6) is 11.5 Å². The number of amides is 2. The van der Waals surface area contributed by atoms with Gasteiger partial charge in [0.1, 0.15) is 11.5 Å². The molecule has 148 valence electrons. The Kier molecular flexibility index (Phi) is 8.45. The van der Waals surface area contributed by atoms with E-state index in [1.807, 2.05) is 6.92 Å². The third-order valence-electron chi connectivity index (χ3n) is 3.50. The average Bonchev–Trinajstić information content (AvgIpc) is 2.70. The summed E-state index contributed by atoms with van der Waals surface area (Å²) in [5, 5.41) is 2.48. The number of hydrazine groups is 1. The molecule has 0 heterocycles. The largest absolute Gasteiger partial charge is 0.496 e. The molecule has 0 fully saturated rings. The van der Waals surface area contributed by atoms with Crippen LogP contribution in [0.2, 0.25) is 0 Å². The molecule has 9 heteroatoms. The van der Waals surface area contributed by atoms with E-state index >= 15 is 0 Å². The maximum absolute atomic E-state index is 12.3. The van der Waals surface area contributed by atoms with Crippen LogP contribution in [0, 0.1) is 3.57 Å². The van der Waals surface area contributed by atoms with E-state index in [1.54, 1.807) is 49.6 Å². The standard InChI is InChI=1S/C19H20IN3O4S/c1-3-9-27-14-6-4-5-12(10-14)17(24)21-19(28)23-22-18(25)13-7-8-16(26-2)15(20)11-13/h4-8,10-11H,3,9H2,1-2H3,(H,22,25)(H2,21,23,24,28). The summed E-state index contributed by atoms with van der Waals surface area (Å²) in [6.07, 6.45) is 0.872. The highest BCUT2D eigenvalue weighted by atomic mass is 127. The van der Waals surface area contributed by atoms with Gasteiger partial charge in [0.25, 0.3) is 11.8 Å². The Hall–Kier alpha value is -2.40. The molecular formula is C19H20IN3O4S. The van der Waals surface area contributed by atoms with E-state index in [0.717, 1.165) is 9.99 Å². The Balaban J connectivity index is 1.89. The minimum Gasteiger partial charge on any atom is -0.496 e. The number of carbonyl (C=O) groups is 2. The van der Waals surface area contributed by atoms with Crippen molar-refractivity contribution < 1.29 is 19.1 Å². The molecular weight excluding hydrogens is 493 g/mol. The molecule has 0 saturated heterocycles. The highest BCUT2D eigenvalue weighted by Gasteiger charge is 2.11. The van der Waals surface area contributed by atoms with Gasteiger partial charge in [0, 0.05) is 11.1 Å². The number of hydrogen-bond donors (Lipinski definition) is 3. The van der Waals surface area contributed by atoms with Crippen molar-refractivity contribution in [3.05, 3.63) is 57.2 Å². The fraction of sp³-hybridized carbons (Fsp3) is 0.211. The Morgan fingerprint density at radius 2 is 1.82 bits per heavy atom. The zero-order chi connectivity index (χ0) is 20.5. The number of thiocarbonyl (C=S) groups is 1. The highest BCUT2D eigenvalue weighted by molar-refractivity contribution is 14.1. The van der Waals surface area contributed by atoms with E-state index in [1.165, 1.54) is 0 Å². The van der Waals surface area contributed by atoms with Crippen LogP contribution in [0.1, 0.15) is 34.1 Å². The van der Waals surface area contributed by atoms with E-state index in [0.29, 0.717) is 29.2 Å². The van der Waals surface area contributed by atoms with Crippen LogP contribution >= 0.6 is 34.8 Å². The third-order valence-corrected chi connectivity index (χ3v) is 4.55. The Morgan fingerprint density at radius 1 is 1.07 bits per heavy atom. The van der Waals surface area contributed by atoms with E-state index in [2.05, 4.69) is 38.8 Å². The lowest BCUT2D eigenvalue weighted by molar-refractivity contribution is 0.0934. The van der Waals surface area contributed by atoms with Crippen LogP contribution in [0.3, 0.4) is 0 Å². The molecule has 2 aromatic rings. The summed E-state index contributed by atoms with van der Waals surface area (Å²) >= 11 is 7.13. The fourth-order valence-corrected chi connectivity index (χ4v) is 3.03. The normalized spacial score (nSPS) is 9.96. The fourth-order valence-electron chi connectivity index (χ4n) is 2.15. The number of benzene rings is 2. The summed E-state index contributed by atoms with van der Waals surface area (Å²) in [7, 11) is 1.56. The van der Waals surface area contributed by atoms with Crippen molar-refractivity contribution in [1.29, 1.82) is 0 Å². The lowest BCUT2D eigenvalue weighted by Gasteiger charge is -2.12. The molecule has 28 heavy (non-hydrogen) atoms. The van der Waals surface area contributed by atoms with Gasteiger partial charge >= 0.3 is 0 Å². The van der Waals surface area contributed by atoms with Crippen molar-refractivity contribution in [3.8, 4) is 11.5 Å². The first-order valence-electron chi connectivity index (χ1n) is 8.42. The van der Waals surface area contributed by atoms with Crippen molar-refractivity contribution in [2.24, 2.45) is 0 Å². The maximum Gasteiger partial charge on any atom is 0.269 e. The van der Waals surface area contributed by atoms with Gasteiger partial charge in [-0.15, -0.1) is 0 Å². The van der Waals surface area contributed by atoms with Gasteiger partial charge in [-0.25, -0.2) is 0 Å². The zero-order valence-corrected chi connectivity index (χ0v) is 18.3. The number of hydrogen-bond acceptors (Lipinski definition) is 5. The lowest BCUT2D eigenvalue weighted by Crippen LogP contribution is -2.48. The molecule has 2 aromatic carbocycles. The van der Waals surface area contributed by atoms with Crippen LogP contribution in [-0.4, -0.2) is 30.6 Å². The van der Waals surface area contributed by atoms with Gasteiger partial charge in [0.15, 0.2) is 5.11 Å². The van der Waals surface area contributed by atoms with E-state index in [4.69, 9.17) is 21.7 Å². The van der Waals surface area contributed by atoms with E-state index in [9.17, 15) is 9.59 Å². The summed E-state index contributed by atoms with van der Waals surface area (Å²) in [6.45, 7) is 2.57. The topological polar surface area (TPSA) is 88.7 Å². The van der Waals surface area contributed by atoms with E-state index in [-0.39, 0.29) is 5.11 Å². The number of methoxy groups -OCH3 is 1. The molecule has 0 atom stereocenters.